The third-order valence-corrected chi connectivity index (χ3v) is 4.05. The number of phenols is 1. The number of phenolic OH excluding ortho intramolecular Hbond substituents is 1. The molecule has 8 heteroatoms. The molecule has 2 N–H and O–H groups in total. The van der Waals surface area contributed by atoms with Crippen molar-refractivity contribution in [1.82, 2.24) is 0 Å². The Kier molecular flexibility index (Phi) is 6.41. The smallest absolute Gasteiger partial charge is 0.336 e. The van der Waals surface area contributed by atoms with Gasteiger partial charge in [0.2, 0.25) is 5.75 Å². The number of hydrogen-bond donors (Lipinski definition) is 2. The van der Waals surface area contributed by atoms with E-state index in [1.54, 1.807) is 0 Å². The van der Waals surface area contributed by atoms with Crippen LogP contribution in [0.1, 0.15) is 11.1 Å². The fraction of sp³-hybridized carbons (Fsp3) is 0.211. The highest BCUT2D eigenvalue weighted by atomic mass is 35.5. The maximum atomic E-state index is 11.8. The monoisotopic (exact) mass is 394 g/mol. The van der Waals surface area contributed by atoms with Gasteiger partial charge in [-0.05, 0) is 41.5 Å². The van der Waals surface area contributed by atoms with E-state index in [1.807, 2.05) is 0 Å². The predicted molar refractivity (Wildman–Crippen MR) is 101 cm³/mol. The number of aromatic hydroxyl groups is 1. The second-order valence-electron chi connectivity index (χ2n) is 5.33. The lowest BCUT2D eigenvalue weighted by Gasteiger charge is -2.14. The molecule has 0 fully saturated rings. The lowest BCUT2D eigenvalue weighted by atomic mass is 10.0. The van der Waals surface area contributed by atoms with E-state index in [1.165, 1.54) is 58.8 Å². The Balaban J connectivity index is 2.65. The Morgan fingerprint density at radius 1 is 0.926 bits per heavy atom. The van der Waals surface area contributed by atoms with Crippen LogP contribution in [0.4, 0.5) is 0 Å². The molecule has 0 heterocycles. The van der Waals surface area contributed by atoms with Crippen LogP contribution in [-0.4, -0.2) is 44.6 Å². The highest BCUT2D eigenvalue weighted by Crippen LogP contribution is 2.41. The lowest BCUT2D eigenvalue weighted by Crippen LogP contribution is -2.02. The van der Waals surface area contributed by atoms with Crippen molar-refractivity contribution in [3.05, 3.63) is 40.4 Å². The van der Waals surface area contributed by atoms with E-state index in [0.717, 1.165) is 0 Å². The summed E-state index contributed by atoms with van der Waals surface area (Å²) in [5, 5.41) is 19.8. The number of ether oxygens (including phenoxy) is 4. The van der Waals surface area contributed by atoms with Crippen molar-refractivity contribution in [3.63, 3.8) is 0 Å². The van der Waals surface area contributed by atoms with Crippen molar-refractivity contribution >= 4 is 29.2 Å². The Labute approximate surface area is 161 Å². The fourth-order valence-corrected chi connectivity index (χ4v) is 2.86. The van der Waals surface area contributed by atoms with Crippen LogP contribution < -0.4 is 18.9 Å². The van der Waals surface area contributed by atoms with Gasteiger partial charge in [0.25, 0.3) is 0 Å². The van der Waals surface area contributed by atoms with Gasteiger partial charge in [-0.1, -0.05) is 11.6 Å². The maximum Gasteiger partial charge on any atom is 0.336 e. The fourth-order valence-electron chi connectivity index (χ4n) is 2.56. The first-order valence-electron chi connectivity index (χ1n) is 7.68. The quantitative estimate of drug-likeness (QED) is 0.546. The van der Waals surface area contributed by atoms with Crippen LogP contribution in [-0.2, 0) is 4.79 Å². The van der Waals surface area contributed by atoms with Crippen LogP contribution in [0.5, 0.6) is 28.7 Å². The third kappa shape index (κ3) is 4.20. The van der Waals surface area contributed by atoms with Crippen molar-refractivity contribution in [3.8, 4) is 28.7 Å². The molecule has 0 aliphatic carbocycles. The van der Waals surface area contributed by atoms with Gasteiger partial charge in [0, 0.05) is 0 Å². The lowest BCUT2D eigenvalue weighted by molar-refractivity contribution is -0.130. The normalized spacial score (nSPS) is 11.1. The molecule has 27 heavy (non-hydrogen) atoms. The van der Waals surface area contributed by atoms with Gasteiger partial charge in [-0.15, -0.1) is 0 Å². The van der Waals surface area contributed by atoms with Crippen LogP contribution in [0.15, 0.2) is 24.3 Å². The van der Waals surface area contributed by atoms with E-state index in [0.29, 0.717) is 28.4 Å². The molecular weight excluding hydrogens is 376 g/mol. The van der Waals surface area contributed by atoms with E-state index >= 15 is 0 Å². The summed E-state index contributed by atoms with van der Waals surface area (Å²) in [5.41, 5.74) is 0.641. The Bertz CT molecular complexity index is 842. The average Bonchev–Trinajstić information content (AvgIpc) is 2.64. The van der Waals surface area contributed by atoms with Gasteiger partial charge in [0.1, 0.15) is 0 Å². The molecule has 0 spiro atoms. The summed E-state index contributed by atoms with van der Waals surface area (Å²) in [6.45, 7) is 0. The summed E-state index contributed by atoms with van der Waals surface area (Å²) in [7, 11) is 5.70. The number of carboxylic acid groups (broad SMARTS) is 1. The molecule has 0 atom stereocenters. The molecule has 0 aliphatic rings. The number of methoxy groups -OCH3 is 4. The number of carbonyl (C=O) groups is 1. The van der Waals surface area contributed by atoms with Crippen LogP contribution in [0.2, 0.25) is 5.02 Å². The molecule has 0 radical (unpaired) electrons. The second kappa shape index (κ2) is 8.55. The number of rotatable bonds is 7. The van der Waals surface area contributed by atoms with Crippen LogP contribution in [0.3, 0.4) is 0 Å². The predicted octanol–water partition coefficient (Wildman–Crippen LogP) is 3.71. The van der Waals surface area contributed by atoms with Gasteiger partial charge in [0.05, 0.1) is 39.0 Å². The van der Waals surface area contributed by atoms with E-state index < -0.39 is 5.97 Å². The summed E-state index contributed by atoms with van der Waals surface area (Å²) in [4.78, 5) is 11.8. The van der Waals surface area contributed by atoms with Crippen molar-refractivity contribution in [1.29, 1.82) is 0 Å². The summed E-state index contributed by atoms with van der Waals surface area (Å²) >= 11 is 6.06. The van der Waals surface area contributed by atoms with Crippen molar-refractivity contribution in [2.45, 2.75) is 0 Å². The number of carboxylic acids is 1. The van der Waals surface area contributed by atoms with E-state index in [4.69, 9.17) is 30.5 Å². The van der Waals surface area contributed by atoms with Gasteiger partial charge in [-0.25, -0.2) is 4.79 Å². The number of halogens is 1. The molecule has 144 valence electrons. The highest BCUT2D eigenvalue weighted by molar-refractivity contribution is 6.32. The Morgan fingerprint density at radius 3 is 1.89 bits per heavy atom. The molecule has 2 rings (SSSR count). The molecule has 0 aromatic heterocycles. The molecule has 0 bridgehead atoms. The molecule has 0 saturated heterocycles. The minimum atomic E-state index is -1.18. The third-order valence-electron chi connectivity index (χ3n) is 3.77. The topological polar surface area (TPSA) is 94.5 Å². The van der Waals surface area contributed by atoms with Gasteiger partial charge in [-0.2, -0.15) is 0 Å². The minimum absolute atomic E-state index is 0.0603. The summed E-state index contributed by atoms with van der Waals surface area (Å²) in [5.74, 6) is -0.303. The Morgan fingerprint density at radius 2 is 1.48 bits per heavy atom. The number of aliphatic carboxylic acids is 1. The molecule has 7 nitrogen and oxygen atoms in total. The molecular formula is C19H19ClO7. The Hall–Kier alpha value is -3.06. The second-order valence-corrected chi connectivity index (χ2v) is 5.74. The largest absolute Gasteiger partial charge is 0.504 e. The van der Waals surface area contributed by atoms with E-state index in [2.05, 4.69) is 0 Å². The number of hydrogen-bond acceptors (Lipinski definition) is 6. The zero-order chi connectivity index (χ0) is 20.1. The maximum absolute atomic E-state index is 11.8. The van der Waals surface area contributed by atoms with Gasteiger partial charge >= 0.3 is 5.97 Å². The van der Waals surface area contributed by atoms with Crippen LogP contribution >= 0.6 is 11.6 Å². The van der Waals surface area contributed by atoms with Gasteiger partial charge in [-0.3, -0.25) is 0 Å². The van der Waals surface area contributed by atoms with Gasteiger partial charge in [0.15, 0.2) is 23.0 Å². The molecule has 2 aromatic rings. The van der Waals surface area contributed by atoms with Crippen molar-refractivity contribution in [2.75, 3.05) is 28.4 Å². The summed E-state index contributed by atoms with van der Waals surface area (Å²) < 4.78 is 20.8. The number of benzene rings is 2. The highest BCUT2D eigenvalue weighted by Gasteiger charge is 2.19. The first-order chi connectivity index (χ1) is 12.9. The van der Waals surface area contributed by atoms with Crippen molar-refractivity contribution in [2.24, 2.45) is 0 Å². The molecule has 0 aliphatic heterocycles. The van der Waals surface area contributed by atoms with Crippen LogP contribution in [0.25, 0.3) is 11.6 Å². The van der Waals surface area contributed by atoms with E-state index in [-0.39, 0.29) is 22.1 Å². The van der Waals surface area contributed by atoms with Crippen LogP contribution in [0, 0.1) is 0 Å². The zero-order valence-corrected chi connectivity index (χ0v) is 16.0. The van der Waals surface area contributed by atoms with Crippen molar-refractivity contribution < 1.29 is 34.0 Å². The standard InChI is InChI=1S/C19H19ClO7/c1-24-15-8-11(9-16(25-2)18(15)27-4)12(19(22)23)5-10-6-13(20)17(26-3)14(21)7-10/h5-9,21H,1-4H3,(H,22,23)/b12-5+. The minimum Gasteiger partial charge on any atom is -0.504 e. The SMILES string of the molecule is COc1cc(/C(=C\c2cc(O)c(OC)c(Cl)c2)C(=O)O)cc(OC)c1OC. The first kappa shape index (κ1) is 20.3. The zero-order valence-electron chi connectivity index (χ0n) is 15.2. The molecule has 0 unspecified atom stereocenters. The molecule has 2 aromatic carbocycles. The first-order valence-corrected chi connectivity index (χ1v) is 8.05. The van der Waals surface area contributed by atoms with E-state index in [9.17, 15) is 15.0 Å². The average molecular weight is 395 g/mol. The summed E-state index contributed by atoms with van der Waals surface area (Å²) in [6, 6.07) is 5.88. The molecule has 0 amide bonds. The summed E-state index contributed by atoms with van der Waals surface area (Å²) in [6.07, 6.45) is 1.37. The van der Waals surface area contributed by atoms with Gasteiger partial charge < -0.3 is 29.2 Å². The molecule has 0 saturated carbocycles.